The molecule has 1 unspecified atom stereocenters. The highest BCUT2D eigenvalue weighted by Crippen LogP contribution is 2.17. The molecule has 1 atom stereocenters. The van der Waals surface area contributed by atoms with Crippen molar-refractivity contribution in [3.05, 3.63) is 97.2 Å². The van der Waals surface area contributed by atoms with Gasteiger partial charge >= 0.3 is 17.9 Å². The smallest absolute Gasteiger partial charge is 0.306 e. The molecule has 0 radical (unpaired) electrons. The average Bonchev–Trinajstić information content (AvgIpc) is 3.47. The molecule has 0 saturated carbocycles. The van der Waals surface area contributed by atoms with E-state index in [4.69, 9.17) is 14.2 Å². The minimum Gasteiger partial charge on any atom is -0.462 e. The van der Waals surface area contributed by atoms with E-state index in [1.54, 1.807) is 0 Å². The molecule has 0 fully saturated rings. The molecule has 0 saturated heterocycles. The molecule has 0 spiro atoms. The van der Waals surface area contributed by atoms with E-state index in [1.165, 1.54) is 186 Å². The van der Waals surface area contributed by atoms with Gasteiger partial charge in [0, 0.05) is 19.3 Å². The molecule has 0 N–H and O–H groups in total. The lowest BCUT2D eigenvalue weighted by Gasteiger charge is -2.18. The first-order valence-corrected chi connectivity index (χ1v) is 34.7. The summed E-state index contributed by atoms with van der Waals surface area (Å²) in [5.41, 5.74) is 0. The van der Waals surface area contributed by atoms with Gasteiger partial charge in [-0.3, -0.25) is 14.4 Å². The summed E-state index contributed by atoms with van der Waals surface area (Å²) in [7, 11) is 0. The van der Waals surface area contributed by atoms with Gasteiger partial charge in [0.15, 0.2) is 6.10 Å². The van der Waals surface area contributed by atoms with Gasteiger partial charge in [-0.2, -0.15) is 0 Å². The lowest BCUT2D eigenvalue weighted by molar-refractivity contribution is -0.167. The summed E-state index contributed by atoms with van der Waals surface area (Å²) in [5.74, 6) is -0.895. The average molecular weight is 1130 g/mol. The molecule has 0 aromatic heterocycles. The number of allylic oxidation sites excluding steroid dienone is 16. The summed E-state index contributed by atoms with van der Waals surface area (Å²) in [6, 6.07) is 0. The monoisotopic (exact) mass is 1130 g/mol. The Balaban J connectivity index is 4.38. The second-order valence-electron chi connectivity index (χ2n) is 23.1. The van der Waals surface area contributed by atoms with Crippen molar-refractivity contribution in [2.24, 2.45) is 0 Å². The standard InChI is InChI=1S/C75H130O6/c1-4-7-10-13-16-19-22-25-28-31-33-35-36-37-38-40-41-44-47-50-53-56-59-62-65-68-74(77)80-71-72(70-79-73(76)67-64-61-58-55-52-49-46-43-30-27-24-21-18-15-12-9-6-3)81-75(78)69-66-63-60-57-54-51-48-45-42-39-34-32-29-26-23-20-17-14-11-8-5-2/h9,12,18,21-23,25-27,30-34,42,45,72H,4-8,10-11,13-17,19-20,24,28-29,35-41,43-44,46-71H2,1-3H3/b12-9-,21-18-,25-22-,26-23-,30-27-,33-31-,34-32-,45-42-. The fourth-order valence-electron chi connectivity index (χ4n) is 9.85. The van der Waals surface area contributed by atoms with Crippen LogP contribution in [-0.2, 0) is 28.6 Å². The van der Waals surface area contributed by atoms with Crippen LogP contribution in [0, 0.1) is 0 Å². The van der Waals surface area contributed by atoms with E-state index < -0.39 is 6.10 Å². The molecule has 0 aromatic rings. The van der Waals surface area contributed by atoms with Crippen LogP contribution in [0.25, 0.3) is 0 Å². The number of hydrogen-bond acceptors (Lipinski definition) is 6. The van der Waals surface area contributed by atoms with E-state index in [0.29, 0.717) is 19.3 Å². The summed E-state index contributed by atoms with van der Waals surface area (Å²) in [6.45, 7) is 6.53. The molecular formula is C75H130O6. The van der Waals surface area contributed by atoms with Crippen molar-refractivity contribution in [2.45, 2.75) is 348 Å². The number of esters is 3. The van der Waals surface area contributed by atoms with Crippen LogP contribution in [0.1, 0.15) is 342 Å². The van der Waals surface area contributed by atoms with Gasteiger partial charge in [-0.15, -0.1) is 0 Å². The molecule has 0 bridgehead atoms. The predicted molar refractivity (Wildman–Crippen MR) is 353 cm³/mol. The number of hydrogen-bond donors (Lipinski definition) is 0. The van der Waals surface area contributed by atoms with Crippen LogP contribution < -0.4 is 0 Å². The number of ether oxygens (including phenoxy) is 3. The van der Waals surface area contributed by atoms with Gasteiger partial charge in [0.2, 0.25) is 0 Å². The van der Waals surface area contributed by atoms with Crippen molar-refractivity contribution < 1.29 is 28.6 Å². The summed E-state index contributed by atoms with van der Waals surface area (Å²) >= 11 is 0. The van der Waals surface area contributed by atoms with Crippen LogP contribution in [-0.4, -0.2) is 37.2 Å². The van der Waals surface area contributed by atoms with E-state index in [9.17, 15) is 14.4 Å². The summed E-state index contributed by atoms with van der Waals surface area (Å²) < 4.78 is 17.0. The highest BCUT2D eigenvalue weighted by Gasteiger charge is 2.19. The largest absolute Gasteiger partial charge is 0.462 e. The fraction of sp³-hybridized carbons (Fsp3) is 0.747. The lowest BCUT2D eigenvalue weighted by atomic mass is 10.0. The third-order valence-electron chi connectivity index (χ3n) is 15.0. The Labute approximate surface area is 502 Å². The maximum atomic E-state index is 13.0. The second kappa shape index (κ2) is 68.8. The van der Waals surface area contributed by atoms with Crippen molar-refractivity contribution in [2.75, 3.05) is 13.2 Å². The third-order valence-corrected chi connectivity index (χ3v) is 15.0. The first-order chi connectivity index (χ1) is 40.0. The Morgan fingerprint density at radius 2 is 0.481 bits per heavy atom. The van der Waals surface area contributed by atoms with E-state index in [2.05, 4.69) is 118 Å². The Hall–Kier alpha value is -3.67. The van der Waals surface area contributed by atoms with E-state index in [-0.39, 0.29) is 31.1 Å². The molecule has 81 heavy (non-hydrogen) atoms. The van der Waals surface area contributed by atoms with Crippen molar-refractivity contribution >= 4 is 17.9 Å². The molecule has 0 aromatic carbocycles. The molecule has 6 heteroatoms. The van der Waals surface area contributed by atoms with Crippen LogP contribution in [0.3, 0.4) is 0 Å². The zero-order chi connectivity index (χ0) is 58.5. The van der Waals surface area contributed by atoms with Crippen LogP contribution in [0.5, 0.6) is 0 Å². The first-order valence-electron chi connectivity index (χ1n) is 34.7. The third kappa shape index (κ3) is 67.0. The molecule has 0 heterocycles. The highest BCUT2D eigenvalue weighted by molar-refractivity contribution is 5.71. The maximum Gasteiger partial charge on any atom is 0.306 e. The minimum atomic E-state index is -0.792. The Bertz CT molecular complexity index is 1580. The van der Waals surface area contributed by atoms with Crippen molar-refractivity contribution in [1.82, 2.24) is 0 Å². The first kappa shape index (κ1) is 77.3. The quantitative estimate of drug-likeness (QED) is 0.0261. The fourth-order valence-corrected chi connectivity index (χ4v) is 9.85. The van der Waals surface area contributed by atoms with Crippen molar-refractivity contribution in [3.63, 3.8) is 0 Å². The molecule has 0 aliphatic rings. The van der Waals surface area contributed by atoms with Gasteiger partial charge in [0.1, 0.15) is 13.2 Å². The molecule has 0 amide bonds. The predicted octanol–water partition coefficient (Wildman–Crippen LogP) is 24.0. The summed E-state index contributed by atoms with van der Waals surface area (Å²) in [5, 5.41) is 0. The highest BCUT2D eigenvalue weighted by atomic mass is 16.6. The maximum absolute atomic E-state index is 13.0. The molecule has 0 aliphatic carbocycles. The van der Waals surface area contributed by atoms with Gasteiger partial charge in [0.25, 0.3) is 0 Å². The van der Waals surface area contributed by atoms with Crippen molar-refractivity contribution in [3.8, 4) is 0 Å². The van der Waals surface area contributed by atoms with Crippen LogP contribution in [0.15, 0.2) is 97.2 Å². The normalized spacial score (nSPS) is 12.7. The molecular weight excluding hydrogens is 997 g/mol. The van der Waals surface area contributed by atoms with Gasteiger partial charge in [0.05, 0.1) is 0 Å². The van der Waals surface area contributed by atoms with Crippen molar-refractivity contribution in [1.29, 1.82) is 0 Å². The molecule has 6 nitrogen and oxygen atoms in total. The number of unbranched alkanes of at least 4 members (excludes halogenated alkanes) is 36. The van der Waals surface area contributed by atoms with Crippen LogP contribution in [0.2, 0.25) is 0 Å². The van der Waals surface area contributed by atoms with Gasteiger partial charge in [-0.05, 0) is 122 Å². The minimum absolute atomic E-state index is 0.0855. The number of carbonyl (C=O) groups is 3. The van der Waals surface area contributed by atoms with Crippen LogP contribution in [0.4, 0.5) is 0 Å². The van der Waals surface area contributed by atoms with E-state index in [1.807, 2.05) is 0 Å². The molecule has 466 valence electrons. The number of rotatable bonds is 63. The van der Waals surface area contributed by atoms with Crippen LogP contribution >= 0.6 is 0 Å². The van der Waals surface area contributed by atoms with Gasteiger partial charge in [-0.1, -0.05) is 298 Å². The Kier molecular flexibility index (Phi) is 65.7. The summed E-state index contributed by atoms with van der Waals surface area (Å²) in [6.07, 6.45) is 92.8. The Morgan fingerprint density at radius 1 is 0.259 bits per heavy atom. The van der Waals surface area contributed by atoms with E-state index >= 15 is 0 Å². The topological polar surface area (TPSA) is 78.9 Å². The zero-order valence-corrected chi connectivity index (χ0v) is 53.5. The van der Waals surface area contributed by atoms with Gasteiger partial charge < -0.3 is 14.2 Å². The molecule has 0 rings (SSSR count). The van der Waals surface area contributed by atoms with E-state index in [0.717, 1.165) is 116 Å². The summed E-state index contributed by atoms with van der Waals surface area (Å²) in [4.78, 5) is 38.5. The number of carbonyl (C=O) groups excluding carboxylic acids is 3. The Morgan fingerprint density at radius 3 is 0.753 bits per heavy atom. The van der Waals surface area contributed by atoms with Gasteiger partial charge in [-0.25, -0.2) is 0 Å². The zero-order valence-electron chi connectivity index (χ0n) is 53.5. The second-order valence-corrected chi connectivity index (χ2v) is 23.1. The SMILES string of the molecule is CC/C=C\C/C=C\C/C=C\CCCCCCCCCC(=O)OCC(COC(=O)CCCCCCCCCCCCCCC/C=C\C/C=C\CCCCCCC)OC(=O)CCCCCCCC/C=C\C/C=C\C/C=C\CCCCCCC. The molecule has 0 aliphatic heterocycles. The lowest BCUT2D eigenvalue weighted by Crippen LogP contribution is -2.30.